The van der Waals surface area contributed by atoms with E-state index in [0.29, 0.717) is 26.1 Å². The van der Waals surface area contributed by atoms with Crippen molar-refractivity contribution in [2.45, 2.75) is 37.8 Å². The molecule has 0 aliphatic carbocycles. The minimum absolute atomic E-state index is 0.00411. The molecule has 3 heterocycles. The highest BCUT2D eigenvalue weighted by Gasteiger charge is 2.40. The van der Waals surface area contributed by atoms with Crippen LogP contribution in [0.1, 0.15) is 36.7 Å². The number of rotatable bonds is 4. The van der Waals surface area contributed by atoms with Gasteiger partial charge >= 0.3 is 0 Å². The van der Waals surface area contributed by atoms with Crippen LogP contribution in [0.2, 0.25) is 0 Å². The normalized spacial score (nSPS) is 25.8. The minimum Gasteiger partial charge on any atom is -0.438 e. The summed E-state index contributed by atoms with van der Waals surface area (Å²) < 4.78 is 5.04. The van der Waals surface area contributed by atoms with Crippen LogP contribution in [-0.4, -0.2) is 76.1 Å². The van der Waals surface area contributed by atoms with Crippen LogP contribution in [0.25, 0.3) is 0 Å². The molecule has 8 nitrogen and oxygen atoms in total. The van der Waals surface area contributed by atoms with E-state index in [1.54, 1.807) is 4.90 Å². The van der Waals surface area contributed by atoms with E-state index in [1.165, 1.54) is 19.5 Å². The standard InChI is InChI=1S/C16H24N4O4/c1-12(21)18-13-2-5-19(6-3-13)9-16(23)4-7-20(10-16)15(22)14-8-17-11-24-14/h8,11,13,23H,2-7,9-10H2,1H3,(H,18,21)/t16-/m1/s1. The summed E-state index contributed by atoms with van der Waals surface area (Å²) in [5.74, 6) is -0.0207. The molecule has 1 aromatic heterocycles. The van der Waals surface area contributed by atoms with Crippen molar-refractivity contribution in [2.24, 2.45) is 0 Å². The Morgan fingerprint density at radius 1 is 1.42 bits per heavy atom. The van der Waals surface area contributed by atoms with Crippen molar-refractivity contribution in [3.05, 3.63) is 18.4 Å². The molecular weight excluding hydrogens is 312 g/mol. The lowest BCUT2D eigenvalue weighted by atomic mass is 9.99. The molecule has 2 saturated heterocycles. The number of nitrogens with one attached hydrogen (secondary N) is 1. The first-order chi connectivity index (χ1) is 11.5. The molecule has 0 unspecified atom stereocenters. The van der Waals surface area contributed by atoms with Gasteiger partial charge in [-0.3, -0.25) is 9.59 Å². The van der Waals surface area contributed by atoms with Gasteiger partial charge in [0.2, 0.25) is 11.7 Å². The highest BCUT2D eigenvalue weighted by atomic mass is 16.3. The van der Waals surface area contributed by atoms with Crippen molar-refractivity contribution in [1.82, 2.24) is 20.1 Å². The van der Waals surface area contributed by atoms with Gasteiger partial charge < -0.3 is 24.6 Å². The number of β-amino-alcohol motifs (C(OH)–C–C–N with tert-alkyl or cyclic N) is 1. The molecule has 24 heavy (non-hydrogen) atoms. The Morgan fingerprint density at radius 3 is 2.79 bits per heavy atom. The number of carbonyl (C=O) groups excluding carboxylic acids is 2. The maximum Gasteiger partial charge on any atom is 0.291 e. The zero-order valence-electron chi connectivity index (χ0n) is 13.9. The van der Waals surface area contributed by atoms with Crippen molar-refractivity contribution >= 4 is 11.8 Å². The van der Waals surface area contributed by atoms with E-state index in [9.17, 15) is 14.7 Å². The van der Waals surface area contributed by atoms with Crippen molar-refractivity contribution < 1.29 is 19.1 Å². The lowest BCUT2D eigenvalue weighted by molar-refractivity contribution is -0.120. The Hall–Kier alpha value is -1.93. The molecule has 2 aliphatic rings. The Kier molecular flexibility index (Phi) is 4.86. The van der Waals surface area contributed by atoms with E-state index in [0.717, 1.165) is 25.9 Å². The first-order valence-corrected chi connectivity index (χ1v) is 8.35. The molecule has 1 aromatic rings. The Labute approximate surface area is 140 Å². The van der Waals surface area contributed by atoms with Crippen molar-refractivity contribution in [2.75, 3.05) is 32.7 Å². The van der Waals surface area contributed by atoms with E-state index >= 15 is 0 Å². The van der Waals surface area contributed by atoms with Crippen LogP contribution in [0.15, 0.2) is 17.0 Å². The molecular formula is C16H24N4O4. The SMILES string of the molecule is CC(=O)NC1CCN(C[C@]2(O)CCN(C(=O)c3cnco3)C2)CC1. The van der Waals surface area contributed by atoms with Crippen LogP contribution >= 0.6 is 0 Å². The third kappa shape index (κ3) is 3.93. The van der Waals surface area contributed by atoms with Gasteiger partial charge in [0, 0.05) is 39.1 Å². The summed E-state index contributed by atoms with van der Waals surface area (Å²) in [6.07, 6.45) is 4.95. The molecule has 8 heteroatoms. The monoisotopic (exact) mass is 336 g/mol. The number of hydrogen-bond acceptors (Lipinski definition) is 6. The van der Waals surface area contributed by atoms with Gasteiger partial charge in [-0.2, -0.15) is 0 Å². The second-order valence-electron chi connectivity index (χ2n) is 6.82. The maximum atomic E-state index is 12.3. The topological polar surface area (TPSA) is 98.9 Å². The molecule has 0 saturated carbocycles. The van der Waals surface area contributed by atoms with Crippen LogP contribution < -0.4 is 5.32 Å². The summed E-state index contributed by atoms with van der Waals surface area (Å²) in [5, 5.41) is 13.8. The Morgan fingerprint density at radius 2 is 2.17 bits per heavy atom. The fourth-order valence-electron chi connectivity index (χ4n) is 3.58. The molecule has 2 fully saturated rings. The van der Waals surface area contributed by atoms with E-state index in [1.807, 2.05) is 0 Å². The number of hydrogen-bond donors (Lipinski definition) is 2. The highest BCUT2D eigenvalue weighted by molar-refractivity contribution is 5.91. The van der Waals surface area contributed by atoms with Crippen molar-refractivity contribution in [1.29, 1.82) is 0 Å². The van der Waals surface area contributed by atoms with Crippen molar-refractivity contribution in [3.8, 4) is 0 Å². The number of likely N-dealkylation sites (tertiary alicyclic amines) is 2. The smallest absolute Gasteiger partial charge is 0.291 e. The fourth-order valence-corrected chi connectivity index (χ4v) is 3.58. The van der Waals surface area contributed by atoms with Crippen LogP contribution in [0.4, 0.5) is 0 Å². The van der Waals surface area contributed by atoms with Gasteiger partial charge in [0.1, 0.15) is 0 Å². The molecule has 0 aromatic carbocycles. The quantitative estimate of drug-likeness (QED) is 0.793. The number of aromatic nitrogens is 1. The molecule has 3 rings (SSSR count). The minimum atomic E-state index is -0.892. The number of aliphatic hydroxyl groups is 1. The average Bonchev–Trinajstić information content (AvgIpc) is 3.18. The van der Waals surface area contributed by atoms with E-state index in [-0.39, 0.29) is 23.6 Å². The second-order valence-corrected chi connectivity index (χ2v) is 6.82. The molecule has 0 spiro atoms. The number of oxazole rings is 1. The zero-order valence-corrected chi connectivity index (χ0v) is 13.9. The third-order valence-electron chi connectivity index (χ3n) is 4.78. The van der Waals surface area contributed by atoms with Crippen LogP contribution in [0.5, 0.6) is 0 Å². The van der Waals surface area contributed by atoms with E-state index < -0.39 is 5.60 Å². The van der Waals surface area contributed by atoms with Crippen LogP contribution in [-0.2, 0) is 4.79 Å². The van der Waals surface area contributed by atoms with Crippen LogP contribution in [0, 0.1) is 0 Å². The summed E-state index contributed by atoms with van der Waals surface area (Å²) >= 11 is 0. The lowest BCUT2D eigenvalue weighted by Gasteiger charge is -2.36. The molecule has 0 radical (unpaired) electrons. The first kappa shape index (κ1) is 16.9. The number of carbonyl (C=O) groups is 2. The second kappa shape index (κ2) is 6.90. The Balaban J connectivity index is 1.49. The fraction of sp³-hybridized carbons (Fsp3) is 0.688. The molecule has 1 atom stereocenters. The highest BCUT2D eigenvalue weighted by Crippen LogP contribution is 2.25. The Bertz CT molecular complexity index is 583. The third-order valence-corrected chi connectivity index (χ3v) is 4.78. The predicted octanol–water partition coefficient (Wildman–Crippen LogP) is -0.148. The van der Waals surface area contributed by atoms with E-state index in [2.05, 4.69) is 15.2 Å². The molecule has 2 amide bonds. The van der Waals surface area contributed by atoms with Crippen LogP contribution in [0.3, 0.4) is 0 Å². The van der Waals surface area contributed by atoms with Gasteiger partial charge in [-0.1, -0.05) is 0 Å². The van der Waals surface area contributed by atoms with Gasteiger partial charge in [0.25, 0.3) is 5.91 Å². The summed E-state index contributed by atoms with van der Waals surface area (Å²) in [5.41, 5.74) is -0.892. The summed E-state index contributed by atoms with van der Waals surface area (Å²) in [6, 6.07) is 0.224. The summed E-state index contributed by atoms with van der Waals surface area (Å²) in [7, 11) is 0. The first-order valence-electron chi connectivity index (χ1n) is 8.35. The number of nitrogens with zero attached hydrogens (tertiary/aromatic N) is 3. The number of piperidine rings is 1. The van der Waals surface area contributed by atoms with Crippen molar-refractivity contribution in [3.63, 3.8) is 0 Å². The predicted molar refractivity (Wildman–Crippen MR) is 85.3 cm³/mol. The van der Waals surface area contributed by atoms with Gasteiger partial charge in [-0.25, -0.2) is 4.98 Å². The molecule has 132 valence electrons. The summed E-state index contributed by atoms with van der Waals surface area (Å²) in [6.45, 7) is 4.57. The zero-order chi connectivity index (χ0) is 17.2. The summed E-state index contributed by atoms with van der Waals surface area (Å²) in [4.78, 5) is 30.9. The lowest BCUT2D eigenvalue weighted by Crippen LogP contribution is -2.50. The van der Waals surface area contributed by atoms with Gasteiger partial charge in [0.05, 0.1) is 18.3 Å². The van der Waals surface area contributed by atoms with E-state index in [4.69, 9.17) is 4.42 Å². The molecule has 2 N–H and O–H groups in total. The van der Waals surface area contributed by atoms with Gasteiger partial charge in [-0.05, 0) is 19.3 Å². The van der Waals surface area contributed by atoms with Gasteiger partial charge in [0.15, 0.2) is 6.39 Å². The number of amides is 2. The van der Waals surface area contributed by atoms with Gasteiger partial charge in [-0.15, -0.1) is 0 Å². The maximum absolute atomic E-state index is 12.3. The average molecular weight is 336 g/mol. The largest absolute Gasteiger partial charge is 0.438 e. The molecule has 2 aliphatic heterocycles. The molecule has 0 bridgehead atoms.